The Labute approximate surface area is 189 Å². The van der Waals surface area contributed by atoms with E-state index in [2.05, 4.69) is 9.47 Å². The first-order chi connectivity index (χ1) is 15.2. The van der Waals surface area contributed by atoms with Gasteiger partial charge in [-0.1, -0.05) is 13.8 Å². The van der Waals surface area contributed by atoms with Gasteiger partial charge in [0.25, 0.3) is 5.56 Å². The number of nitrogens with zero attached hydrogens (tertiary/aromatic N) is 5. The summed E-state index contributed by atoms with van der Waals surface area (Å²) in [7, 11) is 1.52. The van der Waals surface area contributed by atoms with Gasteiger partial charge in [-0.05, 0) is 54.4 Å². The van der Waals surface area contributed by atoms with Gasteiger partial charge in [0, 0.05) is 24.7 Å². The third-order valence-corrected chi connectivity index (χ3v) is 5.97. The predicted molar refractivity (Wildman–Crippen MR) is 125 cm³/mol. The van der Waals surface area contributed by atoms with Gasteiger partial charge in [-0.15, -0.1) is 0 Å². The highest BCUT2D eigenvalue weighted by Gasteiger charge is 2.19. The molecule has 32 heavy (non-hydrogen) atoms. The van der Waals surface area contributed by atoms with Crippen LogP contribution < -0.4 is 10.6 Å². The maximum Gasteiger partial charge on any atom is 0.263 e. The number of amides is 1. The topological polar surface area (TPSA) is 91.0 Å². The van der Waals surface area contributed by atoms with Crippen molar-refractivity contribution in [2.45, 2.75) is 33.6 Å². The Balaban J connectivity index is 2.23. The number of aliphatic hydroxyl groups is 1. The number of benzene rings is 1. The number of carbonyl (C=O) groups is 1. The second-order valence-corrected chi connectivity index (χ2v) is 8.63. The standard InChI is InChI=1S/C22H26FN5O3S/c1-6-27(12-30)21(11-29)25-26(5)19-8-15-16(7-18(19)23)22(31)28(10-17(15)13(2)3)20-9-24-32-14(20)4/h7-10,12-13,29H,6,11H2,1-5H3/b25-21-. The van der Waals surface area contributed by atoms with Crippen LogP contribution in [0.5, 0.6) is 0 Å². The van der Waals surface area contributed by atoms with Crippen molar-refractivity contribution < 1.29 is 14.3 Å². The molecule has 2 heterocycles. The molecule has 8 nitrogen and oxygen atoms in total. The van der Waals surface area contributed by atoms with E-state index in [1.54, 1.807) is 25.4 Å². The fourth-order valence-electron chi connectivity index (χ4n) is 3.51. The molecule has 1 aromatic carbocycles. The van der Waals surface area contributed by atoms with Gasteiger partial charge in [-0.3, -0.25) is 24.1 Å². The molecule has 0 aliphatic carbocycles. The zero-order valence-corrected chi connectivity index (χ0v) is 19.5. The molecule has 170 valence electrons. The first-order valence-electron chi connectivity index (χ1n) is 10.2. The lowest BCUT2D eigenvalue weighted by molar-refractivity contribution is -0.114. The highest BCUT2D eigenvalue weighted by molar-refractivity contribution is 7.06. The van der Waals surface area contributed by atoms with E-state index >= 15 is 4.39 Å². The molecular weight excluding hydrogens is 433 g/mol. The average Bonchev–Trinajstić information content (AvgIpc) is 3.19. The van der Waals surface area contributed by atoms with Crippen LogP contribution in [0, 0.1) is 12.7 Å². The van der Waals surface area contributed by atoms with Crippen molar-refractivity contribution in [1.82, 2.24) is 13.8 Å². The largest absolute Gasteiger partial charge is 0.388 e. The minimum absolute atomic E-state index is 0.0574. The van der Waals surface area contributed by atoms with E-state index in [0.717, 1.165) is 10.4 Å². The highest BCUT2D eigenvalue weighted by Crippen LogP contribution is 2.31. The van der Waals surface area contributed by atoms with Gasteiger partial charge in [0.2, 0.25) is 6.41 Å². The van der Waals surface area contributed by atoms with Crippen molar-refractivity contribution in [2.75, 3.05) is 25.2 Å². The zero-order chi connectivity index (χ0) is 23.6. The number of fused-ring (bicyclic) bond motifs is 1. The van der Waals surface area contributed by atoms with Gasteiger partial charge in [0.1, 0.15) is 12.4 Å². The summed E-state index contributed by atoms with van der Waals surface area (Å²) < 4.78 is 20.8. The van der Waals surface area contributed by atoms with Crippen LogP contribution in [-0.4, -0.2) is 51.4 Å². The van der Waals surface area contributed by atoms with E-state index in [1.807, 2.05) is 20.8 Å². The number of carbonyl (C=O) groups excluding carboxylic acids is 1. The Bertz CT molecular complexity index is 1230. The number of likely N-dealkylation sites (N-methyl/N-ethyl adjacent to an activating group) is 1. The molecule has 1 N–H and O–H groups in total. The van der Waals surface area contributed by atoms with Gasteiger partial charge >= 0.3 is 0 Å². The van der Waals surface area contributed by atoms with Crippen LogP contribution in [0.3, 0.4) is 0 Å². The zero-order valence-electron chi connectivity index (χ0n) is 18.7. The van der Waals surface area contributed by atoms with Crippen LogP contribution >= 0.6 is 11.5 Å². The molecule has 0 aliphatic rings. The number of aryl methyl sites for hydroxylation is 1. The van der Waals surface area contributed by atoms with Gasteiger partial charge in [-0.2, -0.15) is 9.47 Å². The van der Waals surface area contributed by atoms with Crippen molar-refractivity contribution in [3.8, 4) is 5.69 Å². The molecule has 0 atom stereocenters. The number of amidine groups is 1. The van der Waals surface area contributed by atoms with Crippen molar-refractivity contribution in [1.29, 1.82) is 0 Å². The number of hydrogen-bond acceptors (Lipinski definition) is 7. The van der Waals surface area contributed by atoms with Crippen molar-refractivity contribution >= 4 is 40.2 Å². The molecule has 0 fully saturated rings. The molecule has 0 spiro atoms. The van der Waals surface area contributed by atoms with Crippen molar-refractivity contribution in [3.63, 3.8) is 0 Å². The number of rotatable bonds is 7. The monoisotopic (exact) mass is 459 g/mol. The fourth-order valence-corrected chi connectivity index (χ4v) is 4.07. The number of pyridine rings is 1. The second-order valence-electron chi connectivity index (χ2n) is 7.62. The first-order valence-corrected chi connectivity index (χ1v) is 10.9. The van der Waals surface area contributed by atoms with Crippen molar-refractivity contribution in [3.05, 3.63) is 51.1 Å². The van der Waals surface area contributed by atoms with Crippen LogP contribution in [0.2, 0.25) is 0 Å². The third-order valence-electron chi connectivity index (χ3n) is 5.28. The number of anilines is 1. The Morgan fingerprint density at radius 1 is 1.38 bits per heavy atom. The molecule has 0 saturated carbocycles. The molecule has 1 amide bonds. The number of hydrogen-bond donors (Lipinski definition) is 1. The smallest absolute Gasteiger partial charge is 0.263 e. The quantitative estimate of drug-likeness (QED) is 0.254. The van der Waals surface area contributed by atoms with Crippen LogP contribution in [0.15, 0.2) is 34.4 Å². The van der Waals surface area contributed by atoms with E-state index in [0.29, 0.717) is 24.0 Å². The molecule has 0 saturated heterocycles. The van der Waals surface area contributed by atoms with Crippen LogP contribution in [0.1, 0.15) is 37.1 Å². The summed E-state index contributed by atoms with van der Waals surface area (Å²) in [6.07, 6.45) is 3.97. The van der Waals surface area contributed by atoms with Crippen LogP contribution in [0.25, 0.3) is 16.5 Å². The molecule has 10 heteroatoms. The van der Waals surface area contributed by atoms with E-state index in [-0.39, 0.29) is 28.4 Å². The molecule has 0 unspecified atom stereocenters. The average molecular weight is 460 g/mol. The summed E-state index contributed by atoms with van der Waals surface area (Å²) in [5.41, 5.74) is 1.33. The maximum absolute atomic E-state index is 15.1. The molecule has 3 rings (SSSR count). The van der Waals surface area contributed by atoms with Crippen LogP contribution in [0.4, 0.5) is 10.1 Å². The molecule has 0 aliphatic heterocycles. The number of halogens is 1. The minimum Gasteiger partial charge on any atom is -0.388 e. The lowest BCUT2D eigenvalue weighted by Gasteiger charge is -2.22. The number of hydrazone groups is 1. The van der Waals surface area contributed by atoms with Crippen molar-refractivity contribution in [2.24, 2.45) is 5.10 Å². The highest BCUT2D eigenvalue weighted by atomic mass is 32.1. The molecule has 2 aromatic heterocycles. The lowest BCUT2D eigenvalue weighted by Crippen LogP contribution is -2.34. The van der Waals surface area contributed by atoms with Gasteiger partial charge in [0.05, 0.1) is 23.0 Å². The molecule has 0 bridgehead atoms. The van der Waals surface area contributed by atoms with E-state index in [9.17, 15) is 14.7 Å². The second kappa shape index (κ2) is 9.58. The Kier molecular flexibility index (Phi) is 7.05. The normalized spacial score (nSPS) is 11.9. The summed E-state index contributed by atoms with van der Waals surface area (Å²) in [6, 6.07) is 2.80. The number of aliphatic hydroxyl groups excluding tert-OH is 1. The predicted octanol–water partition coefficient (Wildman–Crippen LogP) is 3.24. The lowest BCUT2D eigenvalue weighted by atomic mass is 9.97. The summed E-state index contributed by atoms with van der Waals surface area (Å²) in [6.45, 7) is 7.45. The first kappa shape index (κ1) is 23.6. The minimum atomic E-state index is -0.639. The van der Waals surface area contributed by atoms with Gasteiger partial charge < -0.3 is 5.11 Å². The van der Waals surface area contributed by atoms with E-state index in [4.69, 9.17) is 0 Å². The Morgan fingerprint density at radius 3 is 2.62 bits per heavy atom. The molecule has 3 aromatic rings. The summed E-state index contributed by atoms with van der Waals surface area (Å²) >= 11 is 1.30. The van der Waals surface area contributed by atoms with Gasteiger partial charge in [-0.25, -0.2) is 4.39 Å². The van der Waals surface area contributed by atoms with Gasteiger partial charge in [0.15, 0.2) is 5.84 Å². The van der Waals surface area contributed by atoms with E-state index in [1.165, 1.54) is 39.1 Å². The summed E-state index contributed by atoms with van der Waals surface area (Å²) in [5, 5.41) is 15.9. The van der Waals surface area contributed by atoms with Crippen LogP contribution in [-0.2, 0) is 4.79 Å². The maximum atomic E-state index is 15.1. The molecule has 0 radical (unpaired) electrons. The summed E-state index contributed by atoms with van der Waals surface area (Å²) in [4.78, 5) is 26.6. The number of aromatic nitrogens is 2. The Morgan fingerprint density at radius 2 is 2.09 bits per heavy atom. The third kappa shape index (κ3) is 4.28. The summed E-state index contributed by atoms with van der Waals surface area (Å²) in [5.74, 6) is -0.494. The fraction of sp³-hybridized carbons (Fsp3) is 0.364. The SMILES string of the molecule is CCN(C=O)/C(CO)=N\N(C)c1cc2c(C(C)C)cn(-c3cnsc3C)c(=O)c2cc1F. The Hall–Kier alpha value is -3.11. The van der Waals surface area contributed by atoms with E-state index < -0.39 is 12.4 Å². The molecular formula is C22H26FN5O3S.